The quantitative estimate of drug-likeness (QED) is 0.475. The van der Waals surface area contributed by atoms with E-state index in [0.717, 1.165) is 33.4 Å². The van der Waals surface area contributed by atoms with E-state index in [1.54, 1.807) is 6.07 Å². The van der Waals surface area contributed by atoms with Gasteiger partial charge in [-0.25, -0.2) is 9.97 Å². The summed E-state index contributed by atoms with van der Waals surface area (Å²) in [5.74, 6) is 0.367. The highest BCUT2D eigenvalue weighted by molar-refractivity contribution is 6.05. The normalized spacial score (nSPS) is 11.1. The van der Waals surface area contributed by atoms with E-state index in [2.05, 4.69) is 10.3 Å². The molecule has 5 rings (SSSR count). The lowest BCUT2D eigenvalue weighted by Gasteiger charge is -2.08. The maximum atomic E-state index is 13.1. The van der Waals surface area contributed by atoms with E-state index in [9.17, 15) is 4.79 Å². The summed E-state index contributed by atoms with van der Waals surface area (Å²) in [6.45, 7) is 2.01. The first kappa shape index (κ1) is 17.1. The van der Waals surface area contributed by atoms with Crippen molar-refractivity contribution in [3.8, 4) is 11.3 Å². The summed E-state index contributed by atoms with van der Waals surface area (Å²) in [6, 6.07) is 25.2. The van der Waals surface area contributed by atoms with Gasteiger partial charge in [-0.3, -0.25) is 9.20 Å². The van der Waals surface area contributed by atoms with Gasteiger partial charge < -0.3 is 5.32 Å². The predicted molar refractivity (Wildman–Crippen MR) is 115 cm³/mol. The van der Waals surface area contributed by atoms with Crippen molar-refractivity contribution in [2.45, 2.75) is 6.92 Å². The molecule has 5 aromatic rings. The number of pyridine rings is 2. The van der Waals surface area contributed by atoms with Crippen LogP contribution in [0.5, 0.6) is 0 Å². The van der Waals surface area contributed by atoms with E-state index in [0.29, 0.717) is 11.5 Å². The number of anilines is 1. The van der Waals surface area contributed by atoms with Crippen molar-refractivity contribution >= 4 is 28.3 Å². The maximum Gasteiger partial charge on any atom is 0.275 e. The molecule has 5 heteroatoms. The Balaban J connectivity index is 1.62. The van der Waals surface area contributed by atoms with Gasteiger partial charge in [0, 0.05) is 17.1 Å². The number of nitrogens with zero attached hydrogens (tertiary/aromatic N) is 3. The molecule has 0 aliphatic heterocycles. The molecule has 0 spiro atoms. The molecule has 0 atom stereocenters. The van der Waals surface area contributed by atoms with Crippen molar-refractivity contribution in [1.82, 2.24) is 14.4 Å². The van der Waals surface area contributed by atoms with Gasteiger partial charge in [-0.1, -0.05) is 60.7 Å². The number of rotatable bonds is 3. The number of nitrogens with one attached hydrogen (secondary N) is 1. The SMILES string of the molecule is Cc1cccn2c(NC(=O)c3ccc4ccccc4n3)c(-c3ccccc3)nc12. The van der Waals surface area contributed by atoms with Gasteiger partial charge in [-0.05, 0) is 30.7 Å². The van der Waals surface area contributed by atoms with Gasteiger partial charge in [0.1, 0.15) is 22.9 Å². The molecule has 0 radical (unpaired) electrons. The zero-order chi connectivity index (χ0) is 19.8. The minimum atomic E-state index is -0.267. The third-order valence-electron chi connectivity index (χ3n) is 4.96. The second-order valence-electron chi connectivity index (χ2n) is 6.90. The summed E-state index contributed by atoms with van der Waals surface area (Å²) in [6.07, 6.45) is 1.91. The van der Waals surface area contributed by atoms with Gasteiger partial charge in [0.15, 0.2) is 0 Å². The number of fused-ring (bicyclic) bond motifs is 2. The fraction of sp³-hybridized carbons (Fsp3) is 0.0417. The molecule has 1 amide bonds. The molecule has 0 fully saturated rings. The van der Waals surface area contributed by atoms with Gasteiger partial charge in [0.2, 0.25) is 0 Å². The minimum Gasteiger partial charge on any atom is -0.304 e. The van der Waals surface area contributed by atoms with E-state index in [4.69, 9.17) is 4.98 Å². The largest absolute Gasteiger partial charge is 0.304 e. The Morgan fingerprint density at radius 1 is 0.862 bits per heavy atom. The van der Waals surface area contributed by atoms with Crippen LogP contribution in [-0.4, -0.2) is 20.3 Å². The number of amides is 1. The van der Waals surface area contributed by atoms with Crippen molar-refractivity contribution in [3.63, 3.8) is 0 Å². The zero-order valence-electron chi connectivity index (χ0n) is 15.8. The first-order chi connectivity index (χ1) is 14.2. The smallest absolute Gasteiger partial charge is 0.275 e. The number of para-hydroxylation sites is 1. The topological polar surface area (TPSA) is 59.3 Å². The van der Waals surface area contributed by atoms with E-state index < -0.39 is 0 Å². The Labute approximate surface area is 167 Å². The van der Waals surface area contributed by atoms with Crippen LogP contribution in [0.2, 0.25) is 0 Å². The molecule has 3 aromatic heterocycles. The first-order valence-electron chi connectivity index (χ1n) is 9.41. The van der Waals surface area contributed by atoms with Crippen LogP contribution in [0.15, 0.2) is 85.1 Å². The molecule has 1 N–H and O–H groups in total. The molecule has 0 saturated heterocycles. The monoisotopic (exact) mass is 378 g/mol. The lowest BCUT2D eigenvalue weighted by molar-refractivity contribution is 0.102. The average molecular weight is 378 g/mol. The van der Waals surface area contributed by atoms with Gasteiger partial charge in [0.25, 0.3) is 5.91 Å². The molecule has 0 aliphatic carbocycles. The Kier molecular flexibility index (Phi) is 4.06. The lowest BCUT2D eigenvalue weighted by Crippen LogP contribution is -2.15. The van der Waals surface area contributed by atoms with Crippen molar-refractivity contribution in [1.29, 1.82) is 0 Å². The van der Waals surface area contributed by atoms with E-state index >= 15 is 0 Å². The van der Waals surface area contributed by atoms with Crippen molar-refractivity contribution in [2.75, 3.05) is 5.32 Å². The second-order valence-corrected chi connectivity index (χ2v) is 6.90. The highest BCUT2D eigenvalue weighted by Gasteiger charge is 2.18. The number of benzene rings is 2. The Morgan fingerprint density at radius 2 is 1.66 bits per heavy atom. The number of hydrogen-bond donors (Lipinski definition) is 1. The molecule has 2 aromatic carbocycles. The number of carbonyl (C=O) groups is 1. The van der Waals surface area contributed by atoms with Crippen LogP contribution < -0.4 is 5.32 Å². The van der Waals surface area contributed by atoms with Crippen LogP contribution in [0.1, 0.15) is 16.1 Å². The molecular weight excluding hydrogens is 360 g/mol. The fourth-order valence-electron chi connectivity index (χ4n) is 3.48. The van der Waals surface area contributed by atoms with Gasteiger partial charge in [-0.15, -0.1) is 0 Å². The van der Waals surface area contributed by atoms with Crippen LogP contribution in [-0.2, 0) is 0 Å². The minimum absolute atomic E-state index is 0.267. The summed E-state index contributed by atoms with van der Waals surface area (Å²) in [5.41, 5.74) is 4.68. The van der Waals surface area contributed by atoms with Crippen LogP contribution >= 0.6 is 0 Å². The summed E-state index contributed by atoms with van der Waals surface area (Å²) >= 11 is 0. The summed E-state index contributed by atoms with van der Waals surface area (Å²) < 4.78 is 1.91. The molecule has 0 bridgehead atoms. The molecule has 0 unspecified atom stereocenters. The molecule has 0 aliphatic rings. The zero-order valence-corrected chi connectivity index (χ0v) is 15.8. The third-order valence-corrected chi connectivity index (χ3v) is 4.96. The lowest BCUT2D eigenvalue weighted by atomic mass is 10.1. The summed E-state index contributed by atoms with van der Waals surface area (Å²) in [5, 5.41) is 4.04. The molecule has 140 valence electrons. The van der Waals surface area contributed by atoms with E-state index in [-0.39, 0.29) is 5.91 Å². The molecule has 5 nitrogen and oxygen atoms in total. The standard InChI is InChI=1S/C24H18N4O/c1-16-8-7-15-28-22(16)26-21(18-10-3-2-4-11-18)23(28)27-24(29)20-14-13-17-9-5-6-12-19(17)25-20/h2-15H,1H3,(H,27,29). The fourth-order valence-corrected chi connectivity index (χ4v) is 3.48. The van der Waals surface area contributed by atoms with Crippen LogP contribution in [0.25, 0.3) is 27.8 Å². The second kappa shape index (κ2) is 6.87. The molecule has 29 heavy (non-hydrogen) atoms. The third kappa shape index (κ3) is 3.02. The summed E-state index contributed by atoms with van der Waals surface area (Å²) in [4.78, 5) is 22.4. The summed E-state index contributed by atoms with van der Waals surface area (Å²) in [7, 11) is 0. The number of imidazole rings is 1. The Morgan fingerprint density at radius 3 is 2.52 bits per heavy atom. The van der Waals surface area contributed by atoms with Gasteiger partial charge in [-0.2, -0.15) is 0 Å². The predicted octanol–water partition coefficient (Wildman–Crippen LogP) is 5.11. The van der Waals surface area contributed by atoms with E-state index in [1.165, 1.54) is 0 Å². The molecular formula is C24H18N4O. The molecule has 0 saturated carbocycles. The van der Waals surface area contributed by atoms with Crippen molar-refractivity contribution in [3.05, 3.63) is 96.3 Å². The van der Waals surface area contributed by atoms with Crippen LogP contribution in [0.3, 0.4) is 0 Å². The number of aromatic nitrogens is 3. The highest BCUT2D eigenvalue weighted by Crippen LogP contribution is 2.30. The highest BCUT2D eigenvalue weighted by atomic mass is 16.2. The Bertz CT molecular complexity index is 1360. The van der Waals surface area contributed by atoms with Crippen molar-refractivity contribution < 1.29 is 4.79 Å². The van der Waals surface area contributed by atoms with Crippen molar-refractivity contribution in [2.24, 2.45) is 0 Å². The van der Waals surface area contributed by atoms with Crippen LogP contribution in [0.4, 0.5) is 5.82 Å². The number of aryl methyl sites for hydroxylation is 1. The van der Waals surface area contributed by atoms with E-state index in [1.807, 2.05) is 90.3 Å². The maximum absolute atomic E-state index is 13.1. The average Bonchev–Trinajstić information content (AvgIpc) is 3.14. The Hall–Kier alpha value is -3.99. The number of carbonyl (C=O) groups excluding carboxylic acids is 1. The number of hydrogen-bond acceptors (Lipinski definition) is 3. The van der Waals surface area contributed by atoms with Gasteiger partial charge >= 0.3 is 0 Å². The van der Waals surface area contributed by atoms with Crippen LogP contribution in [0, 0.1) is 6.92 Å². The molecule has 3 heterocycles. The van der Waals surface area contributed by atoms with Gasteiger partial charge in [0.05, 0.1) is 5.52 Å². The first-order valence-corrected chi connectivity index (χ1v) is 9.41.